The van der Waals surface area contributed by atoms with Crippen molar-refractivity contribution in [2.45, 2.75) is 26.4 Å². The standard InChI is InChI=1S/C21H21BrN4O3/c1-3-19-18(13-23-26(19)16-9-5-4-6-10-16)21(28)25-24-20(27)14(2)29-17-11-7-8-15(22)12-17/h4-14H,3H2,1-2H3,(H,24,27)(H,25,28). The topological polar surface area (TPSA) is 85.2 Å². The van der Waals surface area contributed by atoms with E-state index in [4.69, 9.17) is 4.74 Å². The van der Waals surface area contributed by atoms with Crippen molar-refractivity contribution in [3.05, 3.63) is 76.5 Å². The van der Waals surface area contributed by atoms with Crippen LogP contribution in [0.3, 0.4) is 0 Å². The van der Waals surface area contributed by atoms with Crippen molar-refractivity contribution in [2.75, 3.05) is 0 Å². The Morgan fingerprint density at radius 1 is 1.14 bits per heavy atom. The molecule has 0 aliphatic heterocycles. The molecule has 2 aromatic carbocycles. The van der Waals surface area contributed by atoms with Gasteiger partial charge in [0, 0.05) is 4.47 Å². The van der Waals surface area contributed by atoms with Crippen LogP contribution < -0.4 is 15.6 Å². The van der Waals surface area contributed by atoms with E-state index in [1.165, 1.54) is 6.20 Å². The van der Waals surface area contributed by atoms with Gasteiger partial charge in [0.1, 0.15) is 5.75 Å². The van der Waals surface area contributed by atoms with Gasteiger partial charge < -0.3 is 4.74 Å². The third-order valence-corrected chi connectivity index (χ3v) is 4.72. The Bertz CT molecular complexity index is 1000. The molecule has 7 nitrogen and oxygen atoms in total. The molecule has 0 spiro atoms. The number of aromatic nitrogens is 2. The van der Waals surface area contributed by atoms with Crippen molar-refractivity contribution in [1.29, 1.82) is 0 Å². The van der Waals surface area contributed by atoms with Gasteiger partial charge in [-0.15, -0.1) is 0 Å². The minimum Gasteiger partial charge on any atom is -0.481 e. The molecular formula is C21H21BrN4O3. The quantitative estimate of drug-likeness (QED) is 0.556. The Morgan fingerprint density at radius 2 is 1.90 bits per heavy atom. The number of nitrogens with zero attached hydrogens (tertiary/aromatic N) is 2. The van der Waals surface area contributed by atoms with Crippen molar-refractivity contribution in [3.8, 4) is 11.4 Å². The molecule has 1 atom stereocenters. The lowest BCUT2D eigenvalue weighted by Crippen LogP contribution is -2.47. The number of para-hydroxylation sites is 1. The number of halogens is 1. The van der Waals surface area contributed by atoms with E-state index in [9.17, 15) is 9.59 Å². The summed E-state index contributed by atoms with van der Waals surface area (Å²) < 4.78 is 8.16. The fraction of sp³-hybridized carbons (Fsp3) is 0.190. The summed E-state index contributed by atoms with van der Waals surface area (Å²) in [7, 11) is 0. The number of hydrogen-bond donors (Lipinski definition) is 2. The van der Waals surface area contributed by atoms with Gasteiger partial charge in [-0.3, -0.25) is 20.4 Å². The molecule has 0 fully saturated rings. The van der Waals surface area contributed by atoms with Gasteiger partial charge in [-0.1, -0.05) is 47.1 Å². The first-order chi connectivity index (χ1) is 14.0. The van der Waals surface area contributed by atoms with Crippen molar-refractivity contribution >= 4 is 27.7 Å². The van der Waals surface area contributed by atoms with Crippen LogP contribution in [0.4, 0.5) is 0 Å². The zero-order valence-corrected chi connectivity index (χ0v) is 17.6. The van der Waals surface area contributed by atoms with Gasteiger partial charge in [0.25, 0.3) is 11.8 Å². The number of amides is 2. The summed E-state index contributed by atoms with van der Waals surface area (Å²) in [4.78, 5) is 24.8. The van der Waals surface area contributed by atoms with Crippen LogP contribution >= 0.6 is 15.9 Å². The summed E-state index contributed by atoms with van der Waals surface area (Å²) in [6.07, 6.45) is 1.31. The SMILES string of the molecule is CCc1c(C(=O)NNC(=O)C(C)Oc2cccc(Br)c2)cnn1-c1ccccc1. The highest BCUT2D eigenvalue weighted by Gasteiger charge is 2.20. The lowest BCUT2D eigenvalue weighted by molar-refractivity contribution is -0.128. The Morgan fingerprint density at radius 3 is 2.59 bits per heavy atom. The van der Waals surface area contributed by atoms with Gasteiger partial charge in [0.05, 0.1) is 23.1 Å². The van der Waals surface area contributed by atoms with Gasteiger partial charge >= 0.3 is 0 Å². The number of benzene rings is 2. The molecule has 0 aliphatic rings. The number of hydrazine groups is 1. The van der Waals surface area contributed by atoms with Crippen molar-refractivity contribution in [2.24, 2.45) is 0 Å². The number of carbonyl (C=O) groups excluding carboxylic acids is 2. The molecule has 3 aromatic rings. The van der Waals surface area contributed by atoms with Gasteiger partial charge in [0.15, 0.2) is 6.10 Å². The second kappa shape index (κ2) is 9.38. The Kier molecular flexibility index (Phi) is 6.66. The maximum Gasteiger partial charge on any atom is 0.279 e. The minimum atomic E-state index is -0.790. The van der Waals surface area contributed by atoms with Crippen LogP contribution in [0.1, 0.15) is 29.9 Å². The van der Waals surface area contributed by atoms with Crippen LogP contribution in [0.2, 0.25) is 0 Å². The average molecular weight is 457 g/mol. The van der Waals surface area contributed by atoms with Crippen LogP contribution in [-0.4, -0.2) is 27.7 Å². The van der Waals surface area contributed by atoms with Crippen LogP contribution in [0.25, 0.3) is 5.69 Å². The molecule has 1 unspecified atom stereocenters. The second-order valence-corrected chi connectivity index (χ2v) is 7.18. The lowest BCUT2D eigenvalue weighted by Gasteiger charge is -2.15. The van der Waals surface area contributed by atoms with E-state index in [2.05, 4.69) is 31.9 Å². The molecule has 2 amide bonds. The van der Waals surface area contributed by atoms with E-state index in [1.807, 2.05) is 49.4 Å². The van der Waals surface area contributed by atoms with E-state index in [0.717, 1.165) is 15.9 Å². The summed E-state index contributed by atoms with van der Waals surface area (Å²) in [5, 5.41) is 4.32. The number of carbonyl (C=O) groups is 2. The number of ether oxygens (including phenoxy) is 1. The molecule has 8 heteroatoms. The molecule has 150 valence electrons. The third kappa shape index (κ3) is 5.03. The monoisotopic (exact) mass is 456 g/mol. The molecule has 2 N–H and O–H groups in total. The molecule has 0 saturated carbocycles. The minimum absolute atomic E-state index is 0.400. The number of hydrogen-bond acceptors (Lipinski definition) is 4. The third-order valence-electron chi connectivity index (χ3n) is 4.23. The number of nitrogens with one attached hydrogen (secondary N) is 2. The molecule has 3 rings (SSSR count). The smallest absolute Gasteiger partial charge is 0.279 e. The maximum absolute atomic E-state index is 12.6. The van der Waals surface area contributed by atoms with E-state index < -0.39 is 17.9 Å². The van der Waals surface area contributed by atoms with Crippen molar-refractivity contribution in [1.82, 2.24) is 20.6 Å². The summed E-state index contributed by atoms with van der Waals surface area (Å²) >= 11 is 3.35. The zero-order chi connectivity index (χ0) is 20.8. The molecule has 1 heterocycles. The fourth-order valence-electron chi connectivity index (χ4n) is 2.78. The Hall–Kier alpha value is -3.13. The van der Waals surface area contributed by atoms with Crippen LogP contribution in [0.5, 0.6) is 5.75 Å². The Balaban J connectivity index is 1.63. The second-order valence-electron chi connectivity index (χ2n) is 6.27. The van der Waals surface area contributed by atoms with Gasteiger partial charge in [-0.25, -0.2) is 4.68 Å². The summed E-state index contributed by atoms with van der Waals surface area (Å²) in [5.74, 6) is -0.357. The van der Waals surface area contributed by atoms with Gasteiger partial charge in [0.2, 0.25) is 0 Å². The average Bonchev–Trinajstić information content (AvgIpc) is 3.16. The summed E-state index contributed by atoms with van der Waals surface area (Å²) in [6, 6.07) is 16.7. The van der Waals surface area contributed by atoms with Crippen LogP contribution in [0.15, 0.2) is 65.3 Å². The molecular weight excluding hydrogens is 436 g/mol. The predicted octanol–water partition coefficient (Wildman–Crippen LogP) is 3.43. The summed E-state index contributed by atoms with van der Waals surface area (Å²) in [5.41, 5.74) is 6.85. The van der Waals surface area contributed by atoms with E-state index in [0.29, 0.717) is 17.7 Å². The maximum atomic E-state index is 12.6. The first-order valence-corrected chi connectivity index (χ1v) is 9.93. The van der Waals surface area contributed by atoms with Crippen LogP contribution in [0, 0.1) is 0 Å². The summed E-state index contributed by atoms with van der Waals surface area (Å²) in [6.45, 7) is 3.55. The molecule has 0 radical (unpaired) electrons. The van der Waals surface area contributed by atoms with Gasteiger partial charge in [-0.05, 0) is 43.7 Å². The van der Waals surface area contributed by atoms with Gasteiger partial charge in [-0.2, -0.15) is 5.10 Å². The fourth-order valence-corrected chi connectivity index (χ4v) is 3.16. The Labute approximate surface area is 177 Å². The first-order valence-electron chi connectivity index (χ1n) is 9.14. The molecule has 1 aromatic heterocycles. The highest BCUT2D eigenvalue weighted by atomic mass is 79.9. The lowest BCUT2D eigenvalue weighted by atomic mass is 10.2. The van der Waals surface area contributed by atoms with Crippen molar-refractivity contribution < 1.29 is 14.3 Å². The molecule has 0 bridgehead atoms. The van der Waals surface area contributed by atoms with Crippen LogP contribution in [-0.2, 0) is 11.2 Å². The zero-order valence-electron chi connectivity index (χ0n) is 16.1. The van der Waals surface area contributed by atoms with Crippen molar-refractivity contribution in [3.63, 3.8) is 0 Å². The molecule has 29 heavy (non-hydrogen) atoms. The van der Waals surface area contributed by atoms with E-state index in [-0.39, 0.29) is 0 Å². The highest BCUT2D eigenvalue weighted by Crippen LogP contribution is 2.19. The van der Waals surface area contributed by atoms with E-state index >= 15 is 0 Å². The van der Waals surface area contributed by atoms with E-state index in [1.54, 1.807) is 23.7 Å². The predicted molar refractivity (Wildman–Crippen MR) is 113 cm³/mol. The normalized spacial score (nSPS) is 11.6. The number of rotatable bonds is 6. The molecule has 0 saturated heterocycles. The first kappa shape index (κ1) is 20.6. The largest absolute Gasteiger partial charge is 0.481 e. The molecule has 0 aliphatic carbocycles. The highest BCUT2D eigenvalue weighted by molar-refractivity contribution is 9.10.